The number of nitro groups is 1. The number of non-ortho nitro benzene ring substituents is 1. The zero-order valence-electron chi connectivity index (χ0n) is 17.2. The first-order chi connectivity index (χ1) is 14.4. The number of hydrogen-bond acceptors (Lipinski definition) is 7. The van der Waals surface area contributed by atoms with Crippen molar-refractivity contribution in [3.05, 3.63) is 39.9 Å². The Bertz CT molecular complexity index is 788. The topological polar surface area (TPSA) is 119 Å². The number of nitrogens with zero attached hydrogens (tertiary/aromatic N) is 2. The number of rotatable bonds is 9. The quantitative estimate of drug-likeness (QED) is 0.357. The van der Waals surface area contributed by atoms with Crippen molar-refractivity contribution < 1.29 is 24.0 Å². The Balaban J connectivity index is 2.11. The number of amides is 2. The van der Waals surface area contributed by atoms with Crippen LogP contribution in [0.1, 0.15) is 36.5 Å². The SMILES string of the molecule is CCOC(=O)C1CCCN(C(=O)C(CCSC)NC(=O)c2cccc([N+](=O)[O-])c2)C1. The normalized spacial score (nSPS) is 17.1. The van der Waals surface area contributed by atoms with Crippen LogP contribution in [0.5, 0.6) is 0 Å². The van der Waals surface area contributed by atoms with Gasteiger partial charge in [0.25, 0.3) is 11.6 Å². The molecule has 2 rings (SSSR count). The van der Waals surface area contributed by atoms with E-state index in [1.807, 2.05) is 6.26 Å². The van der Waals surface area contributed by atoms with Gasteiger partial charge in [0.05, 0.1) is 17.4 Å². The molecule has 10 heteroatoms. The van der Waals surface area contributed by atoms with Gasteiger partial charge in [0.1, 0.15) is 6.04 Å². The van der Waals surface area contributed by atoms with Crippen LogP contribution in [0.25, 0.3) is 0 Å². The summed E-state index contributed by atoms with van der Waals surface area (Å²) in [4.78, 5) is 49.8. The minimum absolute atomic E-state index is 0.120. The molecule has 0 radical (unpaired) electrons. The summed E-state index contributed by atoms with van der Waals surface area (Å²) in [7, 11) is 0. The number of benzene rings is 1. The Labute approximate surface area is 179 Å². The lowest BCUT2D eigenvalue weighted by Crippen LogP contribution is -2.52. The number of likely N-dealkylation sites (tertiary alicyclic amines) is 1. The largest absolute Gasteiger partial charge is 0.466 e. The molecular formula is C20H27N3O6S. The van der Waals surface area contributed by atoms with Gasteiger partial charge in [0, 0.05) is 30.8 Å². The van der Waals surface area contributed by atoms with Crippen molar-refractivity contribution in [1.82, 2.24) is 10.2 Å². The van der Waals surface area contributed by atoms with Gasteiger partial charge in [-0.3, -0.25) is 24.5 Å². The standard InChI is InChI=1S/C20H27N3O6S/c1-3-29-20(26)15-7-5-10-22(13-15)19(25)17(9-11-30-2)21-18(24)14-6-4-8-16(12-14)23(27)28/h4,6,8,12,15,17H,3,5,7,9-11,13H2,1-2H3,(H,21,24). The lowest BCUT2D eigenvalue weighted by Gasteiger charge is -2.34. The van der Waals surface area contributed by atoms with E-state index in [9.17, 15) is 24.5 Å². The fourth-order valence-corrected chi connectivity index (χ4v) is 3.82. The maximum atomic E-state index is 13.1. The van der Waals surface area contributed by atoms with Crippen LogP contribution < -0.4 is 5.32 Å². The first kappa shape index (κ1) is 23.7. The second-order valence-electron chi connectivity index (χ2n) is 6.99. The minimum Gasteiger partial charge on any atom is -0.466 e. The zero-order chi connectivity index (χ0) is 22.1. The summed E-state index contributed by atoms with van der Waals surface area (Å²) in [5.74, 6) is -0.817. The van der Waals surface area contributed by atoms with E-state index in [2.05, 4.69) is 5.32 Å². The monoisotopic (exact) mass is 437 g/mol. The van der Waals surface area contributed by atoms with Gasteiger partial charge < -0.3 is 15.0 Å². The smallest absolute Gasteiger partial charge is 0.310 e. The maximum Gasteiger partial charge on any atom is 0.310 e. The Morgan fingerprint density at radius 3 is 2.83 bits per heavy atom. The van der Waals surface area contributed by atoms with Crippen LogP contribution in [0, 0.1) is 16.0 Å². The summed E-state index contributed by atoms with van der Waals surface area (Å²) >= 11 is 1.55. The molecule has 9 nitrogen and oxygen atoms in total. The number of nitrogens with one attached hydrogen (secondary N) is 1. The third-order valence-electron chi connectivity index (χ3n) is 4.89. The van der Waals surface area contributed by atoms with E-state index in [4.69, 9.17) is 4.74 Å². The first-order valence-corrected chi connectivity index (χ1v) is 11.3. The van der Waals surface area contributed by atoms with Crippen molar-refractivity contribution in [1.29, 1.82) is 0 Å². The molecule has 30 heavy (non-hydrogen) atoms. The summed E-state index contributed by atoms with van der Waals surface area (Å²) in [6.07, 6.45) is 3.67. The van der Waals surface area contributed by atoms with Gasteiger partial charge in [-0.15, -0.1) is 0 Å². The molecular weight excluding hydrogens is 410 g/mol. The number of carbonyl (C=O) groups excluding carboxylic acids is 3. The predicted molar refractivity (Wildman–Crippen MR) is 113 cm³/mol. The van der Waals surface area contributed by atoms with Crippen LogP contribution in [0.4, 0.5) is 5.69 Å². The molecule has 2 atom stereocenters. The fourth-order valence-electron chi connectivity index (χ4n) is 3.35. The van der Waals surface area contributed by atoms with E-state index in [-0.39, 0.29) is 35.6 Å². The number of nitro benzene ring substituents is 1. The van der Waals surface area contributed by atoms with E-state index in [0.717, 1.165) is 0 Å². The van der Waals surface area contributed by atoms with Crippen molar-refractivity contribution in [2.75, 3.05) is 31.7 Å². The van der Waals surface area contributed by atoms with Gasteiger partial charge in [-0.1, -0.05) is 6.07 Å². The Hall–Kier alpha value is -2.62. The van der Waals surface area contributed by atoms with Gasteiger partial charge in [-0.25, -0.2) is 0 Å². The Morgan fingerprint density at radius 1 is 1.40 bits per heavy atom. The number of thioether (sulfide) groups is 1. The highest BCUT2D eigenvalue weighted by Crippen LogP contribution is 2.20. The Morgan fingerprint density at radius 2 is 2.17 bits per heavy atom. The third kappa shape index (κ3) is 6.45. The molecule has 1 saturated heterocycles. The highest BCUT2D eigenvalue weighted by molar-refractivity contribution is 7.98. The molecule has 0 bridgehead atoms. The average Bonchev–Trinajstić information content (AvgIpc) is 2.76. The number of ether oxygens (including phenoxy) is 1. The highest BCUT2D eigenvalue weighted by atomic mass is 32.2. The van der Waals surface area contributed by atoms with Crippen LogP contribution >= 0.6 is 11.8 Å². The van der Waals surface area contributed by atoms with Gasteiger partial charge in [0.15, 0.2) is 0 Å². The second-order valence-corrected chi connectivity index (χ2v) is 7.98. The lowest BCUT2D eigenvalue weighted by molar-refractivity contribution is -0.384. The van der Waals surface area contributed by atoms with E-state index in [1.54, 1.807) is 23.6 Å². The number of carbonyl (C=O) groups is 3. The van der Waals surface area contributed by atoms with E-state index in [0.29, 0.717) is 38.2 Å². The van der Waals surface area contributed by atoms with Gasteiger partial charge in [0.2, 0.25) is 5.91 Å². The summed E-state index contributed by atoms with van der Waals surface area (Å²) in [6, 6.07) is 4.61. The molecule has 2 amide bonds. The molecule has 0 aliphatic carbocycles. The second kappa shape index (κ2) is 11.5. The van der Waals surface area contributed by atoms with Crippen LogP contribution in [-0.2, 0) is 14.3 Å². The van der Waals surface area contributed by atoms with Crippen LogP contribution in [0.3, 0.4) is 0 Å². The van der Waals surface area contributed by atoms with E-state index < -0.39 is 16.9 Å². The van der Waals surface area contributed by atoms with Crippen LogP contribution in [-0.4, -0.2) is 65.4 Å². The summed E-state index contributed by atoms with van der Waals surface area (Å²) in [5, 5.41) is 13.7. The number of esters is 1. The zero-order valence-corrected chi connectivity index (χ0v) is 18.0. The van der Waals surface area contributed by atoms with Gasteiger partial charge >= 0.3 is 5.97 Å². The molecule has 0 aromatic heterocycles. The van der Waals surface area contributed by atoms with Gasteiger partial charge in [-0.2, -0.15) is 11.8 Å². The number of hydrogen-bond donors (Lipinski definition) is 1. The fraction of sp³-hybridized carbons (Fsp3) is 0.550. The molecule has 1 aromatic rings. The van der Waals surface area contributed by atoms with Crippen molar-refractivity contribution in [3.8, 4) is 0 Å². The molecule has 1 aromatic carbocycles. The van der Waals surface area contributed by atoms with Gasteiger partial charge in [-0.05, 0) is 44.3 Å². The molecule has 1 heterocycles. The predicted octanol–water partition coefficient (Wildman–Crippen LogP) is 2.25. The summed E-state index contributed by atoms with van der Waals surface area (Å²) < 4.78 is 5.08. The first-order valence-electron chi connectivity index (χ1n) is 9.87. The molecule has 1 fully saturated rings. The van der Waals surface area contributed by atoms with Crippen molar-refractivity contribution in [3.63, 3.8) is 0 Å². The average molecular weight is 438 g/mol. The van der Waals surface area contributed by atoms with E-state index in [1.165, 1.54) is 24.3 Å². The Kier molecular flexibility index (Phi) is 9.10. The van der Waals surface area contributed by atoms with Crippen molar-refractivity contribution in [2.45, 2.75) is 32.2 Å². The molecule has 2 unspecified atom stereocenters. The minimum atomic E-state index is -0.773. The summed E-state index contributed by atoms with van der Waals surface area (Å²) in [5.41, 5.74) is -0.0721. The molecule has 1 aliphatic rings. The number of piperidine rings is 1. The van der Waals surface area contributed by atoms with Crippen molar-refractivity contribution in [2.24, 2.45) is 5.92 Å². The van der Waals surface area contributed by atoms with Crippen molar-refractivity contribution >= 4 is 35.2 Å². The third-order valence-corrected chi connectivity index (χ3v) is 5.53. The molecule has 164 valence electrons. The van der Waals surface area contributed by atoms with Crippen LogP contribution in [0.15, 0.2) is 24.3 Å². The molecule has 1 aliphatic heterocycles. The van der Waals surface area contributed by atoms with Crippen LogP contribution in [0.2, 0.25) is 0 Å². The summed E-state index contributed by atoms with van der Waals surface area (Å²) in [6.45, 7) is 2.81. The molecule has 1 N–H and O–H groups in total. The highest BCUT2D eigenvalue weighted by Gasteiger charge is 2.33. The molecule has 0 saturated carbocycles. The van der Waals surface area contributed by atoms with E-state index >= 15 is 0 Å². The lowest BCUT2D eigenvalue weighted by atomic mass is 9.97. The maximum absolute atomic E-state index is 13.1. The molecule has 0 spiro atoms.